The summed E-state index contributed by atoms with van der Waals surface area (Å²) in [5.41, 5.74) is 5.12. The van der Waals surface area contributed by atoms with Gasteiger partial charge in [-0.3, -0.25) is 9.63 Å². The second-order valence-electron chi connectivity index (χ2n) is 7.88. The minimum absolute atomic E-state index is 0. The molecule has 0 aromatic rings. The number of hydrogen-bond donors (Lipinski definition) is 1. The Hall–Kier alpha value is -0.320. The van der Waals surface area contributed by atoms with E-state index in [1.54, 1.807) is 18.9 Å². The lowest BCUT2D eigenvalue weighted by Crippen LogP contribution is -2.65. The van der Waals surface area contributed by atoms with E-state index in [0.717, 1.165) is 37.0 Å². The Balaban J connectivity index is 0.00000161. The van der Waals surface area contributed by atoms with Crippen molar-refractivity contribution < 1.29 is 9.63 Å². The van der Waals surface area contributed by atoms with Crippen LogP contribution in [0.25, 0.3) is 0 Å². The van der Waals surface area contributed by atoms with Crippen LogP contribution in [0.15, 0.2) is 0 Å². The first kappa shape index (κ1) is 17.0. The Bertz CT molecular complexity index is 370. The molecule has 0 heterocycles. The SMILES string of the molecule is CCON(C(=O)C(C)(C)N)C12CC3CC(CC(C3)C1)C2.Cl. The van der Waals surface area contributed by atoms with Crippen LogP contribution in [0, 0.1) is 17.8 Å². The molecular weight excluding hydrogens is 288 g/mol. The second kappa shape index (κ2) is 5.71. The van der Waals surface area contributed by atoms with Gasteiger partial charge in [-0.15, -0.1) is 12.4 Å². The quantitative estimate of drug-likeness (QED) is 0.811. The van der Waals surface area contributed by atoms with Crippen molar-refractivity contribution in [2.45, 2.75) is 70.4 Å². The molecule has 4 aliphatic rings. The van der Waals surface area contributed by atoms with E-state index in [9.17, 15) is 4.79 Å². The summed E-state index contributed by atoms with van der Waals surface area (Å²) < 4.78 is 0. The standard InChI is InChI=1S/C16H28N2O2.ClH/c1-4-20-18(14(19)15(2,3)17)16-8-11-5-12(9-16)7-13(6-11)10-16;/h11-13H,4-10,17H2,1-3H3;1H. The molecule has 4 rings (SSSR count). The zero-order chi connectivity index (χ0) is 14.5. The molecule has 4 aliphatic carbocycles. The smallest absolute Gasteiger partial charge is 0.266 e. The minimum atomic E-state index is -0.863. The van der Waals surface area contributed by atoms with E-state index in [1.807, 2.05) is 6.92 Å². The molecule has 5 heteroatoms. The third kappa shape index (κ3) is 2.95. The molecule has 4 nitrogen and oxygen atoms in total. The van der Waals surface area contributed by atoms with Gasteiger partial charge in [0.1, 0.15) is 0 Å². The van der Waals surface area contributed by atoms with Gasteiger partial charge in [-0.2, -0.15) is 0 Å². The Morgan fingerprint density at radius 1 is 1.19 bits per heavy atom. The molecule has 0 unspecified atom stereocenters. The van der Waals surface area contributed by atoms with Crippen molar-refractivity contribution in [2.24, 2.45) is 23.5 Å². The summed E-state index contributed by atoms with van der Waals surface area (Å²) in [5, 5.41) is 1.71. The van der Waals surface area contributed by atoms with Crippen molar-refractivity contribution in [3.05, 3.63) is 0 Å². The van der Waals surface area contributed by atoms with Gasteiger partial charge in [-0.1, -0.05) is 0 Å². The highest BCUT2D eigenvalue weighted by Gasteiger charge is 2.56. The second-order valence-corrected chi connectivity index (χ2v) is 7.88. The van der Waals surface area contributed by atoms with Gasteiger partial charge in [0, 0.05) is 0 Å². The van der Waals surface area contributed by atoms with E-state index in [0.29, 0.717) is 6.61 Å². The van der Waals surface area contributed by atoms with Crippen LogP contribution in [0.1, 0.15) is 59.3 Å². The molecule has 0 atom stereocenters. The van der Waals surface area contributed by atoms with Gasteiger partial charge in [0.15, 0.2) is 0 Å². The van der Waals surface area contributed by atoms with Crippen LogP contribution in [-0.4, -0.2) is 28.7 Å². The summed E-state index contributed by atoms with van der Waals surface area (Å²) in [5.74, 6) is 2.31. The molecule has 4 bridgehead atoms. The van der Waals surface area contributed by atoms with Crippen molar-refractivity contribution >= 4 is 18.3 Å². The fourth-order valence-corrected chi connectivity index (χ4v) is 5.12. The predicted molar refractivity (Wildman–Crippen MR) is 84.9 cm³/mol. The lowest BCUT2D eigenvalue weighted by atomic mass is 9.52. The van der Waals surface area contributed by atoms with Crippen LogP contribution in [-0.2, 0) is 9.63 Å². The van der Waals surface area contributed by atoms with Crippen LogP contribution in [0.5, 0.6) is 0 Å². The summed E-state index contributed by atoms with van der Waals surface area (Å²) >= 11 is 0. The highest BCUT2D eigenvalue weighted by atomic mass is 35.5. The zero-order valence-corrected chi connectivity index (χ0v) is 14.2. The number of nitrogens with zero attached hydrogens (tertiary/aromatic N) is 1. The van der Waals surface area contributed by atoms with Crippen LogP contribution in [0.3, 0.4) is 0 Å². The molecule has 0 radical (unpaired) electrons. The van der Waals surface area contributed by atoms with E-state index in [2.05, 4.69) is 0 Å². The highest BCUT2D eigenvalue weighted by Crippen LogP contribution is 2.58. The molecule has 0 aliphatic heterocycles. The molecule has 1 amide bonds. The van der Waals surface area contributed by atoms with Crippen LogP contribution < -0.4 is 5.73 Å². The fourth-order valence-electron chi connectivity index (χ4n) is 5.12. The summed E-state index contributed by atoms with van der Waals surface area (Å²) in [7, 11) is 0. The largest absolute Gasteiger partial charge is 0.318 e. The molecule has 4 saturated carbocycles. The average Bonchev–Trinajstić information content (AvgIpc) is 2.32. The number of hydroxylamine groups is 2. The highest BCUT2D eigenvalue weighted by molar-refractivity contribution is 5.85. The third-order valence-electron chi connectivity index (χ3n) is 5.43. The molecule has 4 fully saturated rings. The van der Waals surface area contributed by atoms with Crippen molar-refractivity contribution in [3.63, 3.8) is 0 Å². The molecule has 0 saturated heterocycles. The van der Waals surface area contributed by atoms with Crippen molar-refractivity contribution in [3.8, 4) is 0 Å². The van der Waals surface area contributed by atoms with Gasteiger partial charge in [0.05, 0.1) is 17.7 Å². The maximum absolute atomic E-state index is 12.7. The van der Waals surface area contributed by atoms with Gasteiger partial charge in [0.25, 0.3) is 5.91 Å². The van der Waals surface area contributed by atoms with Crippen molar-refractivity contribution in [1.29, 1.82) is 0 Å². The van der Waals surface area contributed by atoms with E-state index in [4.69, 9.17) is 10.6 Å². The lowest BCUT2D eigenvalue weighted by molar-refractivity contribution is -0.253. The first-order valence-corrected chi connectivity index (χ1v) is 8.10. The van der Waals surface area contributed by atoms with Gasteiger partial charge < -0.3 is 5.73 Å². The van der Waals surface area contributed by atoms with Gasteiger partial charge in [-0.25, -0.2) is 5.06 Å². The van der Waals surface area contributed by atoms with Crippen molar-refractivity contribution in [2.75, 3.05) is 6.61 Å². The van der Waals surface area contributed by atoms with Crippen LogP contribution >= 0.6 is 12.4 Å². The van der Waals surface area contributed by atoms with Crippen LogP contribution in [0.4, 0.5) is 0 Å². The number of hydrogen-bond acceptors (Lipinski definition) is 3. The number of carbonyl (C=O) groups is 1. The minimum Gasteiger partial charge on any atom is -0.318 e. The molecule has 122 valence electrons. The maximum atomic E-state index is 12.7. The van der Waals surface area contributed by atoms with Gasteiger partial charge in [0.2, 0.25) is 0 Å². The number of rotatable bonds is 4. The number of nitrogens with two attached hydrogens (primary N) is 1. The first-order valence-electron chi connectivity index (χ1n) is 8.10. The summed E-state index contributed by atoms with van der Waals surface area (Å²) in [4.78, 5) is 18.6. The Kier molecular flexibility index (Phi) is 4.63. The summed E-state index contributed by atoms with van der Waals surface area (Å²) in [6, 6.07) is 0. The third-order valence-corrected chi connectivity index (χ3v) is 5.43. The lowest BCUT2D eigenvalue weighted by Gasteiger charge is -2.59. The average molecular weight is 317 g/mol. The molecule has 2 N–H and O–H groups in total. The Morgan fingerprint density at radius 2 is 1.62 bits per heavy atom. The zero-order valence-electron chi connectivity index (χ0n) is 13.4. The van der Waals surface area contributed by atoms with Gasteiger partial charge in [-0.05, 0) is 77.0 Å². The predicted octanol–water partition coefficient (Wildman–Crippen LogP) is 2.89. The molecule has 0 aromatic carbocycles. The normalized spacial score (nSPS) is 37.2. The molecular formula is C16H29ClN2O2. The molecule has 0 spiro atoms. The fraction of sp³-hybridized carbons (Fsp3) is 0.938. The Labute approximate surface area is 134 Å². The van der Waals surface area contributed by atoms with E-state index in [-0.39, 0.29) is 23.9 Å². The van der Waals surface area contributed by atoms with E-state index < -0.39 is 5.54 Å². The number of carbonyl (C=O) groups excluding carboxylic acids is 1. The van der Waals surface area contributed by atoms with E-state index >= 15 is 0 Å². The maximum Gasteiger partial charge on any atom is 0.266 e. The van der Waals surface area contributed by atoms with Crippen LogP contribution in [0.2, 0.25) is 0 Å². The van der Waals surface area contributed by atoms with Gasteiger partial charge >= 0.3 is 0 Å². The monoisotopic (exact) mass is 316 g/mol. The van der Waals surface area contributed by atoms with Crippen molar-refractivity contribution in [1.82, 2.24) is 5.06 Å². The molecule has 0 aromatic heterocycles. The summed E-state index contributed by atoms with van der Waals surface area (Å²) in [6.45, 7) is 6.04. The topological polar surface area (TPSA) is 55.6 Å². The molecule has 21 heavy (non-hydrogen) atoms. The number of halogens is 1. The number of amides is 1. The van der Waals surface area contributed by atoms with E-state index in [1.165, 1.54) is 19.3 Å². The Morgan fingerprint density at radius 3 is 1.95 bits per heavy atom. The first-order chi connectivity index (χ1) is 9.34. The summed E-state index contributed by atoms with van der Waals surface area (Å²) in [6.07, 6.45) is 7.42.